The molecule has 0 unspecified atom stereocenters. The number of nitrogens with one attached hydrogen (secondary N) is 2. The second-order valence-corrected chi connectivity index (χ2v) is 4.52. The van der Waals surface area contributed by atoms with Gasteiger partial charge >= 0.3 is 5.88 Å². The summed E-state index contributed by atoms with van der Waals surface area (Å²) in [7, 11) is 0. The summed E-state index contributed by atoms with van der Waals surface area (Å²) in [5, 5.41) is 21.1. The summed E-state index contributed by atoms with van der Waals surface area (Å²) in [6, 6.07) is 5.77. The molecule has 0 spiro atoms. The highest BCUT2D eigenvalue weighted by molar-refractivity contribution is 5.95. The number of rotatable bonds is 5. The van der Waals surface area contributed by atoms with Gasteiger partial charge in [-0.1, -0.05) is 0 Å². The van der Waals surface area contributed by atoms with Crippen LogP contribution in [0, 0.1) is 10.1 Å². The van der Waals surface area contributed by atoms with Gasteiger partial charge in [0.2, 0.25) is 0 Å². The number of carbonyl (C=O) groups is 1. The summed E-state index contributed by atoms with van der Waals surface area (Å²) in [5.74, 6) is -0.570. The molecule has 3 aromatic rings. The Bertz CT molecular complexity index is 899. The SMILES string of the molecule is O=C(N/N=C/c1c[nH]nc1-c1ccc([N+](=O)[O-])o1)c1ccncc1. The summed E-state index contributed by atoms with van der Waals surface area (Å²) in [6.45, 7) is 0. The third-order valence-electron chi connectivity index (χ3n) is 2.99. The predicted molar refractivity (Wildman–Crippen MR) is 82.2 cm³/mol. The van der Waals surface area contributed by atoms with Crippen LogP contribution in [0.2, 0.25) is 0 Å². The number of nitrogens with zero attached hydrogens (tertiary/aromatic N) is 4. The lowest BCUT2D eigenvalue weighted by atomic mass is 10.2. The van der Waals surface area contributed by atoms with Crippen LogP contribution >= 0.6 is 0 Å². The molecule has 0 aliphatic heterocycles. The number of hydrazone groups is 1. The highest BCUT2D eigenvalue weighted by atomic mass is 16.6. The van der Waals surface area contributed by atoms with Crippen molar-refractivity contribution < 1.29 is 14.1 Å². The average molecular weight is 326 g/mol. The molecule has 0 bridgehead atoms. The summed E-state index contributed by atoms with van der Waals surface area (Å²) in [6.07, 6.45) is 5.87. The Morgan fingerprint density at radius 1 is 1.33 bits per heavy atom. The van der Waals surface area contributed by atoms with E-state index in [1.807, 2.05) is 0 Å². The number of H-pyrrole nitrogens is 1. The molecule has 0 aliphatic carbocycles. The first-order valence-electron chi connectivity index (χ1n) is 6.67. The van der Waals surface area contributed by atoms with Gasteiger partial charge in [-0.05, 0) is 18.2 Å². The smallest absolute Gasteiger partial charge is 0.399 e. The molecule has 0 fully saturated rings. The molecular formula is C14H10N6O4. The minimum atomic E-state index is -0.640. The van der Waals surface area contributed by atoms with E-state index in [0.29, 0.717) is 16.8 Å². The third kappa shape index (κ3) is 3.16. The van der Waals surface area contributed by atoms with Gasteiger partial charge in [-0.3, -0.25) is 25.0 Å². The largest absolute Gasteiger partial charge is 0.433 e. The van der Waals surface area contributed by atoms with Crippen LogP contribution in [-0.4, -0.2) is 32.2 Å². The third-order valence-corrected chi connectivity index (χ3v) is 2.99. The maximum Gasteiger partial charge on any atom is 0.433 e. The molecule has 10 heteroatoms. The zero-order valence-corrected chi connectivity index (χ0v) is 12.0. The van der Waals surface area contributed by atoms with Gasteiger partial charge in [-0.25, -0.2) is 5.43 Å². The van der Waals surface area contributed by atoms with Crippen LogP contribution in [0.25, 0.3) is 11.5 Å². The Kier molecular flexibility index (Phi) is 4.10. The van der Waals surface area contributed by atoms with E-state index in [1.165, 1.54) is 36.9 Å². The first kappa shape index (κ1) is 15.1. The van der Waals surface area contributed by atoms with E-state index >= 15 is 0 Å². The van der Waals surface area contributed by atoms with Gasteiger partial charge in [0.15, 0.2) is 5.76 Å². The number of hydrogen-bond acceptors (Lipinski definition) is 7. The summed E-state index contributed by atoms with van der Waals surface area (Å²) in [4.78, 5) is 25.7. The number of furan rings is 1. The van der Waals surface area contributed by atoms with Gasteiger partial charge in [-0.15, -0.1) is 0 Å². The highest BCUT2D eigenvalue weighted by Crippen LogP contribution is 2.26. The van der Waals surface area contributed by atoms with Crippen molar-refractivity contribution in [2.24, 2.45) is 5.10 Å². The maximum atomic E-state index is 11.8. The fraction of sp³-hybridized carbons (Fsp3) is 0. The molecule has 0 atom stereocenters. The van der Waals surface area contributed by atoms with Crippen LogP contribution in [0.15, 0.2) is 52.4 Å². The number of nitro groups is 1. The van der Waals surface area contributed by atoms with Gasteiger partial charge in [0.25, 0.3) is 5.91 Å². The number of aromatic nitrogens is 3. The number of amides is 1. The van der Waals surface area contributed by atoms with Crippen molar-refractivity contribution in [1.29, 1.82) is 0 Å². The Morgan fingerprint density at radius 3 is 2.83 bits per heavy atom. The summed E-state index contributed by atoms with van der Waals surface area (Å²) < 4.78 is 5.09. The van der Waals surface area contributed by atoms with Crippen LogP contribution in [-0.2, 0) is 0 Å². The van der Waals surface area contributed by atoms with Crippen LogP contribution in [0.3, 0.4) is 0 Å². The number of aromatic amines is 1. The lowest BCUT2D eigenvalue weighted by Gasteiger charge is -1.98. The van der Waals surface area contributed by atoms with Gasteiger partial charge in [0.1, 0.15) is 10.6 Å². The molecule has 10 nitrogen and oxygen atoms in total. The molecule has 0 saturated heterocycles. The minimum absolute atomic E-state index is 0.213. The van der Waals surface area contributed by atoms with Crippen LogP contribution < -0.4 is 5.43 Å². The van der Waals surface area contributed by atoms with Crippen molar-refractivity contribution in [3.63, 3.8) is 0 Å². The molecule has 0 aromatic carbocycles. The van der Waals surface area contributed by atoms with Crippen molar-refractivity contribution in [3.8, 4) is 11.5 Å². The molecule has 3 heterocycles. The lowest BCUT2D eigenvalue weighted by Crippen LogP contribution is -2.17. The monoisotopic (exact) mass is 326 g/mol. The van der Waals surface area contributed by atoms with Crippen LogP contribution in [0.4, 0.5) is 5.88 Å². The summed E-state index contributed by atoms with van der Waals surface area (Å²) in [5.41, 5.74) is 3.61. The normalized spacial score (nSPS) is 10.8. The highest BCUT2D eigenvalue weighted by Gasteiger charge is 2.17. The molecule has 0 radical (unpaired) electrons. The lowest BCUT2D eigenvalue weighted by molar-refractivity contribution is -0.401. The van der Waals surface area contributed by atoms with E-state index in [2.05, 4.69) is 25.7 Å². The van der Waals surface area contributed by atoms with E-state index in [9.17, 15) is 14.9 Å². The van der Waals surface area contributed by atoms with Crippen molar-refractivity contribution in [2.45, 2.75) is 0 Å². The molecular weight excluding hydrogens is 316 g/mol. The molecule has 24 heavy (non-hydrogen) atoms. The minimum Gasteiger partial charge on any atom is -0.399 e. The second-order valence-electron chi connectivity index (χ2n) is 4.52. The van der Waals surface area contributed by atoms with Crippen molar-refractivity contribution in [2.75, 3.05) is 0 Å². The van der Waals surface area contributed by atoms with Gasteiger partial charge in [-0.2, -0.15) is 10.2 Å². The fourth-order valence-electron chi connectivity index (χ4n) is 1.88. The van der Waals surface area contributed by atoms with Crippen LogP contribution in [0.1, 0.15) is 15.9 Å². The van der Waals surface area contributed by atoms with E-state index < -0.39 is 10.8 Å². The molecule has 0 aliphatic rings. The van der Waals surface area contributed by atoms with Crippen molar-refractivity contribution >= 4 is 18.0 Å². The summed E-state index contributed by atoms with van der Waals surface area (Å²) >= 11 is 0. The van der Waals surface area contributed by atoms with Crippen LogP contribution in [0.5, 0.6) is 0 Å². The van der Waals surface area contributed by atoms with Crippen molar-refractivity contribution in [1.82, 2.24) is 20.6 Å². The zero-order valence-electron chi connectivity index (χ0n) is 12.0. The predicted octanol–water partition coefficient (Wildman–Crippen LogP) is 1.74. The topological polar surface area (TPSA) is 139 Å². The molecule has 0 saturated carbocycles. The van der Waals surface area contributed by atoms with E-state index in [0.717, 1.165) is 0 Å². The first-order valence-corrected chi connectivity index (χ1v) is 6.67. The molecule has 3 aromatic heterocycles. The van der Waals surface area contributed by atoms with E-state index in [4.69, 9.17) is 4.42 Å². The quantitative estimate of drug-likeness (QED) is 0.416. The van der Waals surface area contributed by atoms with Crippen molar-refractivity contribution in [3.05, 3.63) is 64.1 Å². The number of carbonyl (C=O) groups excluding carboxylic acids is 1. The average Bonchev–Trinajstić information content (AvgIpc) is 3.24. The van der Waals surface area contributed by atoms with Gasteiger partial charge in [0.05, 0.1) is 12.3 Å². The molecule has 1 amide bonds. The fourth-order valence-corrected chi connectivity index (χ4v) is 1.88. The Balaban J connectivity index is 1.73. The first-order chi connectivity index (χ1) is 11.6. The van der Waals surface area contributed by atoms with Gasteiger partial charge in [0, 0.05) is 29.7 Å². The standard InChI is InChI=1S/C14H10N6O4/c21-14(9-3-5-15-6-4-9)19-17-8-10-7-16-18-13(10)11-1-2-12(24-11)20(22)23/h1-8H,(H,16,18)(H,19,21)/b17-8+. The van der Waals surface area contributed by atoms with Gasteiger partial charge < -0.3 is 4.42 Å². The molecule has 2 N–H and O–H groups in total. The second kappa shape index (κ2) is 6.52. The molecule has 120 valence electrons. The Morgan fingerprint density at radius 2 is 2.12 bits per heavy atom. The zero-order chi connectivity index (χ0) is 16.9. The van der Waals surface area contributed by atoms with E-state index in [-0.39, 0.29) is 11.6 Å². The Labute approximate surface area is 134 Å². The Hall–Kier alpha value is -3.82. The number of hydrogen-bond donors (Lipinski definition) is 2. The van der Waals surface area contributed by atoms with E-state index in [1.54, 1.807) is 12.1 Å². The maximum absolute atomic E-state index is 11.8. The molecule has 3 rings (SSSR count). The number of pyridine rings is 1.